The number of nitrogens with one attached hydrogen (secondary N) is 4. The molecule has 1 aromatic carbocycles. The fourth-order valence-electron chi connectivity index (χ4n) is 4.37. The molecule has 3 unspecified atom stereocenters. The summed E-state index contributed by atoms with van der Waals surface area (Å²) < 4.78 is 31.0. The van der Waals surface area contributed by atoms with Crippen LogP contribution in [0.2, 0.25) is 0 Å². The van der Waals surface area contributed by atoms with Gasteiger partial charge in [0.25, 0.3) is 6.43 Å². The summed E-state index contributed by atoms with van der Waals surface area (Å²) in [4.78, 5) is 53.3. The Bertz CT molecular complexity index is 944. The molecule has 0 aliphatic carbocycles. The highest BCUT2D eigenvalue weighted by Crippen LogP contribution is 2.38. The number of amides is 4. The number of carbonyl (C=O) groups excluding carboxylic acids is 3. The van der Waals surface area contributed by atoms with Crippen LogP contribution in [0.5, 0.6) is 5.75 Å². The summed E-state index contributed by atoms with van der Waals surface area (Å²) >= 11 is 1.87. The average molecular weight is 563 g/mol. The third-order valence-electron chi connectivity index (χ3n) is 6.19. The van der Waals surface area contributed by atoms with E-state index < -0.39 is 20.6 Å². The lowest BCUT2D eigenvalue weighted by atomic mass is 10.0. The third kappa shape index (κ3) is 9.55. The number of hydrogen-bond donors (Lipinski definition) is 6. The van der Waals surface area contributed by atoms with Gasteiger partial charge in [-0.15, -0.1) is 0 Å². The van der Waals surface area contributed by atoms with Gasteiger partial charge in [-0.25, -0.2) is 13.6 Å². The molecule has 3 atom stereocenters. The molecule has 0 radical (unpaired) electrons. The molecule has 10 nitrogen and oxygen atoms in total. The maximum Gasteiger partial charge on any atom is 0.391 e. The van der Waals surface area contributed by atoms with Gasteiger partial charge in [-0.1, -0.05) is 12.8 Å². The van der Waals surface area contributed by atoms with E-state index in [1.807, 2.05) is 11.8 Å². The number of alkyl halides is 2. The van der Waals surface area contributed by atoms with Gasteiger partial charge in [0.05, 0.1) is 17.6 Å². The number of anilines is 1. The Morgan fingerprint density at radius 1 is 1.11 bits per heavy atom. The first-order valence-electron chi connectivity index (χ1n) is 12.3. The Morgan fingerprint density at radius 3 is 2.62 bits per heavy atom. The van der Waals surface area contributed by atoms with E-state index in [1.54, 1.807) is 0 Å². The zero-order valence-corrected chi connectivity index (χ0v) is 22.0. The number of rotatable bonds is 15. The molecule has 2 saturated heterocycles. The van der Waals surface area contributed by atoms with Gasteiger partial charge < -0.3 is 35.6 Å². The number of carbonyl (C=O) groups is 3. The molecule has 1 aromatic rings. The van der Waals surface area contributed by atoms with Gasteiger partial charge in [0, 0.05) is 36.1 Å². The number of halogens is 2. The summed E-state index contributed by atoms with van der Waals surface area (Å²) in [6.45, 7) is 0.526. The minimum atomic E-state index is -2.91. The molecule has 2 fully saturated rings. The van der Waals surface area contributed by atoms with Crippen molar-refractivity contribution >= 4 is 43.9 Å². The molecule has 2 aliphatic heterocycles. The lowest BCUT2D eigenvalue weighted by Gasteiger charge is -2.16. The van der Waals surface area contributed by atoms with Crippen LogP contribution in [0.3, 0.4) is 0 Å². The van der Waals surface area contributed by atoms with Crippen molar-refractivity contribution in [1.29, 1.82) is 0 Å². The quantitative estimate of drug-likeness (QED) is 0.109. The molecule has 2 aliphatic rings. The molecule has 14 heteroatoms. The highest BCUT2D eigenvalue weighted by Gasteiger charge is 2.42. The predicted molar refractivity (Wildman–Crippen MR) is 137 cm³/mol. The van der Waals surface area contributed by atoms with Crippen LogP contribution in [0.15, 0.2) is 18.2 Å². The highest BCUT2D eigenvalue weighted by atomic mass is 32.2. The van der Waals surface area contributed by atoms with Gasteiger partial charge in [-0.2, -0.15) is 11.8 Å². The zero-order valence-electron chi connectivity index (χ0n) is 20.3. The first kappa shape index (κ1) is 29.3. The van der Waals surface area contributed by atoms with Crippen molar-refractivity contribution in [3.63, 3.8) is 0 Å². The molecule has 0 spiro atoms. The van der Waals surface area contributed by atoms with Crippen molar-refractivity contribution in [2.45, 2.75) is 75.1 Å². The van der Waals surface area contributed by atoms with E-state index in [0.29, 0.717) is 24.6 Å². The van der Waals surface area contributed by atoms with Crippen LogP contribution in [0.4, 0.5) is 19.3 Å². The monoisotopic (exact) mass is 562 g/mol. The number of benzene rings is 1. The van der Waals surface area contributed by atoms with E-state index in [4.69, 9.17) is 9.79 Å². The summed E-state index contributed by atoms with van der Waals surface area (Å²) in [5.41, 5.74) is -0.383. The van der Waals surface area contributed by atoms with Gasteiger partial charge in [0.1, 0.15) is 5.75 Å². The minimum Gasteiger partial charge on any atom is -0.426 e. The summed E-state index contributed by atoms with van der Waals surface area (Å²) in [7, 11) is -2.83. The lowest BCUT2D eigenvalue weighted by Crippen LogP contribution is -2.36. The normalized spacial score (nSPS) is 20.5. The fraction of sp³-hybridized carbons (Fsp3) is 0.609. The summed E-state index contributed by atoms with van der Waals surface area (Å²) in [5.74, 6) is 0.247. The molecular weight excluding hydrogens is 529 g/mol. The van der Waals surface area contributed by atoms with Gasteiger partial charge in [-0.05, 0) is 43.9 Å². The van der Waals surface area contributed by atoms with Crippen molar-refractivity contribution in [3.05, 3.63) is 23.8 Å². The van der Waals surface area contributed by atoms with Crippen LogP contribution in [0.25, 0.3) is 0 Å². The molecular formula is C23H33F2N4O6PS. The van der Waals surface area contributed by atoms with Gasteiger partial charge in [-0.3, -0.25) is 9.59 Å². The first-order valence-corrected chi connectivity index (χ1v) is 14.5. The van der Waals surface area contributed by atoms with Crippen LogP contribution in [0.1, 0.15) is 63.4 Å². The van der Waals surface area contributed by atoms with E-state index in [9.17, 15) is 23.2 Å². The molecule has 2 heterocycles. The van der Waals surface area contributed by atoms with Crippen LogP contribution >= 0.6 is 20.4 Å². The van der Waals surface area contributed by atoms with E-state index in [1.165, 1.54) is 6.07 Å². The van der Waals surface area contributed by atoms with Crippen LogP contribution in [-0.2, 0) is 9.59 Å². The van der Waals surface area contributed by atoms with Gasteiger partial charge in [0.15, 0.2) is 0 Å². The molecule has 4 amide bonds. The smallest absolute Gasteiger partial charge is 0.391 e. The number of urea groups is 1. The van der Waals surface area contributed by atoms with Crippen molar-refractivity contribution in [3.8, 4) is 5.75 Å². The van der Waals surface area contributed by atoms with E-state index in [-0.39, 0.29) is 47.8 Å². The summed E-state index contributed by atoms with van der Waals surface area (Å²) in [6.07, 6.45) is 2.47. The Hall–Kier alpha value is -2.21. The Labute approximate surface area is 219 Å². The first-order chi connectivity index (χ1) is 17.7. The topological polar surface area (TPSA) is 149 Å². The number of thioether (sulfide) groups is 1. The Balaban J connectivity index is 1.22. The van der Waals surface area contributed by atoms with E-state index in [2.05, 4.69) is 25.8 Å². The maximum atomic E-state index is 13.2. The minimum absolute atomic E-state index is 0.00255. The molecule has 0 saturated carbocycles. The molecule has 3 rings (SSSR count). The number of fused-ring (bicyclic) bond motifs is 1. The molecule has 206 valence electrons. The fourth-order valence-corrected chi connectivity index (χ4v) is 6.25. The van der Waals surface area contributed by atoms with E-state index >= 15 is 0 Å². The average Bonchev–Trinajstić information content (AvgIpc) is 3.38. The number of hydrogen-bond acceptors (Lipinski definition) is 7. The van der Waals surface area contributed by atoms with Crippen LogP contribution in [-0.4, -0.2) is 57.3 Å². The third-order valence-corrected chi connectivity index (χ3v) is 8.06. The van der Waals surface area contributed by atoms with Gasteiger partial charge >= 0.3 is 14.6 Å². The maximum absolute atomic E-state index is 13.2. The summed E-state index contributed by atoms with van der Waals surface area (Å²) in [5, 5.41) is 11.7. The van der Waals surface area contributed by atoms with Crippen molar-refractivity contribution in [1.82, 2.24) is 16.0 Å². The standard InChI is InChI=1S/C23H33F2N4O6PS/c24-22(25)15-12-14(9-10-17(15)35-36(33)34)27-20(31)8-2-1-5-11-26-19(30)7-4-3-6-18-21-16(13-37-18)28-23(32)29-21/h9-10,12,16,18,21-22,33-34H,1-8,11,13H2,(H,26,30)(H,27,31)(H2,28,29,32). The highest BCUT2D eigenvalue weighted by molar-refractivity contribution is 8.00. The van der Waals surface area contributed by atoms with Crippen LogP contribution in [0, 0.1) is 0 Å². The molecule has 0 aromatic heterocycles. The molecule has 37 heavy (non-hydrogen) atoms. The Kier molecular flexibility index (Phi) is 11.6. The van der Waals surface area contributed by atoms with Crippen molar-refractivity contribution in [2.75, 3.05) is 17.6 Å². The predicted octanol–water partition coefficient (Wildman–Crippen LogP) is 3.56. The van der Waals surface area contributed by atoms with Crippen molar-refractivity contribution < 1.29 is 37.5 Å². The second-order valence-corrected chi connectivity index (χ2v) is 10.9. The largest absolute Gasteiger partial charge is 0.426 e. The van der Waals surface area contributed by atoms with Gasteiger partial charge in [0.2, 0.25) is 11.8 Å². The van der Waals surface area contributed by atoms with Crippen LogP contribution < -0.4 is 25.8 Å². The molecule has 6 N–H and O–H groups in total. The number of unbranched alkanes of at least 4 members (excludes halogenated alkanes) is 3. The molecule has 0 bridgehead atoms. The lowest BCUT2D eigenvalue weighted by molar-refractivity contribution is -0.121. The second kappa shape index (κ2) is 14.7. The van der Waals surface area contributed by atoms with E-state index in [0.717, 1.165) is 50.0 Å². The Morgan fingerprint density at radius 2 is 1.86 bits per heavy atom. The van der Waals surface area contributed by atoms with Crippen molar-refractivity contribution in [2.24, 2.45) is 0 Å². The summed E-state index contributed by atoms with van der Waals surface area (Å²) in [6, 6.07) is 3.85. The SMILES string of the molecule is O=C(CCCCC1SCC2NC(=O)NC21)NCCCCCC(=O)Nc1ccc(OP(O)O)c(C(F)F)c1. The zero-order chi connectivity index (χ0) is 26.8. The second-order valence-electron chi connectivity index (χ2n) is 8.97.